The number of halogens is 1. The van der Waals surface area contributed by atoms with Crippen LogP contribution in [0.15, 0.2) is 41.0 Å². The van der Waals surface area contributed by atoms with E-state index in [9.17, 15) is 14.9 Å². The molecule has 1 unspecified atom stereocenters. The van der Waals surface area contributed by atoms with Crippen molar-refractivity contribution in [1.82, 2.24) is 9.88 Å². The Bertz CT molecular complexity index is 697. The minimum atomic E-state index is -0.520. The summed E-state index contributed by atoms with van der Waals surface area (Å²) < 4.78 is 2.34. The first-order chi connectivity index (χ1) is 9.90. The van der Waals surface area contributed by atoms with Crippen molar-refractivity contribution in [3.63, 3.8) is 0 Å². The zero-order valence-corrected chi connectivity index (χ0v) is 13.1. The van der Waals surface area contributed by atoms with Crippen molar-refractivity contribution < 1.29 is 9.72 Å². The Hall–Kier alpha value is -2.15. The van der Waals surface area contributed by atoms with Gasteiger partial charge in [0.15, 0.2) is 0 Å². The van der Waals surface area contributed by atoms with Crippen LogP contribution in [-0.2, 0) is 7.05 Å². The molecule has 1 aromatic heterocycles. The molecule has 0 saturated carbocycles. The second-order valence-electron chi connectivity index (χ2n) is 4.67. The van der Waals surface area contributed by atoms with E-state index in [2.05, 4.69) is 21.2 Å². The van der Waals surface area contributed by atoms with Gasteiger partial charge in [-0.2, -0.15) is 0 Å². The molecule has 1 heterocycles. The fraction of sp³-hybridized carbons (Fsp3) is 0.214. The van der Waals surface area contributed by atoms with Crippen LogP contribution >= 0.6 is 15.9 Å². The van der Waals surface area contributed by atoms with E-state index in [1.54, 1.807) is 7.05 Å². The monoisotopic (exact) mass is 351 g/mol. The first-order valence-electron chi connectivity index (χ1n) is 6.26. The number of hydrogen-bond donors (Lipinski definition) is 1. The molecule has 2 rings (SSSR count). The Kier molecular flexibility index (Phi) is 4.42. The molecule has 1 atom stereocenters. The average molecular weight is 352 g/mol. The molecule has 0 aliphatic heterocycles. The number of carbonyl (C=O) groups excluding carboxylic acids is 1. The lowest BCUT2D eigenvalue weighted by molar-refractivity contribution is -0.384. The van der Waals surface area contributed by atoms with Gasteiger partial charge in [0.05, 0.1) is 17.2 Å². The van der Waals surface area contributed by atoms with E-state index in [4.69, 9.17) is 0 Å². The Labute approximate surface area is 130 Å². The maximum Gasteiger partial charge on any atom is 0.287 e. The molecule has 6 nitrogen and oxygen atoms in total. The third kappa shape index (κ3) is 3.30. The van der Waals surface area contributed by atoms with Gasteiger partial charge in [0.25, 0.3) is 11.6 Å². The van der Waals surface area contributed by atoms with E-state index in [0.29, 0.717) is 0 Å². The van der Waals surface area contributed by atoms with Crippen LogP contribution in [0.1, 0.15) is 29.0 Å². The molecule has 0 spiro atoms. The Morgan fingerprint density at radius 3 is 2.67 bits per heavy atom. The van der Waals surface area contributed by atoms with Gasteiger partial charge in [0.2, 0.25) is 0 Å². The summed E-state index contributed by atoms with van der Waals surface area (Å²) in [7, 11) is 1.60. The summed E-state index contributed by atoms with van der Waals surface area (Å²) in [6.45, 7) is 1.86. The van der Waals surface area contributed by atoms with Gasteiger partial charge in [-0.1, -0.05) is 34.1 Å². The second kappa shape index (κ2) is 6.09. The number of nitrogens with zero attached hydrogens (tertiary/aromatic N) is 2. The van der Waals surface area contributed by atoms with E-state index < -0.39 is 4.92 Å². The van der Waals surface area contributed by atoms with Crippen molar-refractivity contribution in [1.29, 1.82) is 0 Å². The number of benzene rings is 1. The summed E-state index contributed by atoms with van der Waals surface area (Å²) in [5, 5.41) is 13.6. The smallest absolute Gasteiger partial charge is 0.287 e. The summed E-state index contributed by atoms with van der Waals surface area (Å²) in [5.74, 6) is -0.353. The van der Waals surface area contributed by atoms with Gasteiger partial charge in [-0.05, 0) is 18.6 Å². The first kappa shape index (κ1) is 15.2. The number of amides is 1. The van der Waals surface area contributed by atoms with Crippen molar-refractivity contribution in [2.24, 2.45) is 7.05 Å². The lowest BCUT2D eigenvalue weighted by Crippen LogP contribution is -2.28. The average Bonchev–Trinajstić information content (AvgIpc) is 2.81. The number of hydrogen-bond acceptors (Lipinski definition) is 3. The largest absolute Gasteiger partial charge is 0.344 e. The van der Waals surface area contributed by atoms with Crippen molar-refractivity contribution >= 4 is 27.5 Å². The van der Waals surface area contributed by atoms with E-state index >= 15 is 0 Å². The number of nitro groups is 1. The molecule has 0 aliphatic rings. The van der Waals surface area contributed by atoms with Gasteiger partial charge in [-0.25, -0.2) is 0 Å². The third-order valence-electron chi connectivity index (χ3n) is 3.15. The Morgan fingerprint density at radius 1 is 1.43 bits per heavy atom. The van der Waals surface area contributed by atoms with Crippen LogP contribution < -0.4 is 5.32 Å². The van der Waals surface area contributed by atoms with Gasteiger partial charge in [-0.15, -0.1) is 0 Å². The highest BCUT2D eigenvalue weighted by Gasteiger charge is 2.19. The molecule has 0 fully saturated rings. The van der Waals surface area contributed by atoms with Crippen LogP contribution in [0.25, 0.3) is 0 Å². The quantitative estimate of drug-likeness (QED) is 0.678. The molecule has 1 aromatic carbocycles. The summed E-state index contributed by atoms with van der Waals surface area (Å²) in [4.78, 5) is 22.4. The molecule has 0 saturated heterocycles. The van der Waals surface area contributed by atoms with Crippen LogP contribution in [0.3, 0.4) is 0 Å². The molecule has 0 bridgehead atoms. The van der Waals surface area contributed by atoms with E-state index in [0.717, 1.165) is 10.0 Å². The molecule has 1 N–H and O–H groups in total. The van der Waals surface area contributed by atoms with E-state index in [-0.39, 0.29) is 23.3 Å². The van der Waals surface area contributed by atoms with E-state index in [1.807, 2.05) is 31.2 Å². The van der Waals surface area contributed by atoms with Gasteiger partial charge in [0.1, 0.15) is 5.69 Å². The van der Waals surface area contributed by atoms with Crippen LogP contribution in [0, 0.1) is 10.1 Å². The molecule has 0 aliphatic carbocycles. The minimum absolute atomic E-state index is 0.101. The van der Waals surface area contributed by atoms with Crippen molar-refractivity contribution in [2.75, 3.05) is 0 Å². The lowest BCUT2D eigenvalue weighted by Gasteiger charge is -2.15. The van der Waals surface area contributed by atoms with Gasteiger partial charge in [0, 0.05) is 17.6 Å². The third-order valence-corrected chi connectivity index (χ3v) is 3.88. The minimum Gasteiger partial charge on any atom is -0.344 e. The molecule has 110 valence electrons. The van der Waals surface area contributed by atoms with Crippen LogP contribution in [-0.4, -0.2) is 15.4 Å². The summed E-state index contributed by atoms with van der Waals surface area (Å²) in [5.41, 5.74) is 1.09. The molecule has 0 radical (unpaired) electrons. The van der Waals surface area contributed by atoms with Gasteiger partial charge in [-0.3, -0.25) is 14.9 Å². The maximum atomic E-state index is 12.2. The fourth-order valence-electron chi connectivity index (χ4n) is 2.05. The Balaban J connectivity index is 2.18. The van der Waals surface area contributed by atoms with Gasteiger partial charge >= 0.3 is 0 Å². The molecular weight excluding hydrogens is 338 g/mol. The molecule has 7 heteroatoms. The Morgan fingerprint density at radius 2 is 2.10 bits per heavy atom. The van der Waals surface area contributed by atoms with Crippen molar-refractivity contribution in [3.05, 3.63) is 62.4 Å². The zero-order chi connectivity index (χ0) is 15.6. The van der Waals surface area contributed by atoms with Gasteiger partial charge < -0.3 is 9.88 Å². The molecule has 1 amide bonds. The molecule has 2 aromatic rings. The fourth-order valence-corrected chi connectivity index (χ4v) is 2.68. The summed E-state index contributed by atoms with van der Waals surface area (Å²) in [6.07, 6.45) is 1.32. The van der Waals surface area contributed by atoms with Crippen molar-refractivity contribution in [2.45, 2.75) is 13.0 Å². The second-order valence-corrected chi connectivity index (χ2v) is 5.52. The standard InChI is InChI=1S/C14H14BrN3O3/c1-9(11-5-3-4-6-12(11)15)16-14(19)13-7-10(18(20)21)8-17(13)2/h3-9H,1-2H3,(H,16,19). The SMILES string of the molecule is CC(NC(=O)c1cc([N+](=O)[O-])cn1C)c1ccccc1Br. The number of aryl methyl sites for hydroxylation is 1. The predicted octanol–water partition coefficient (Wildman–Crippen LogP) is 3.19. The highest BCUT2D eigenvalue weighted by molar-refractivity contribution is 9.10. The number of aromatic nitrogens is 1. The topological polar surface area (TPSA) is 77.2 Å². The van der Waals surface area contributed by atoms with E-state index in [1.165, 1.54) is 16.8 Å². The highest BCUT2D eigenvalue weighted by atomic mass is 79.9. The van der Waals surface area contributed by atoms with Crippen molar-refractivity contribution in [3.8, 4) is 0 Å². The van der Waals surface area contributed by atoms with Crippen LogP contribution in [0.5, 0.6) is 0 Å². The summed E-state index contributed by atoms with van der Waals surface area (Å²) >= 11 is 3.43. The predicted molar refractivity (Wildman–Crippen MR) is 82.1 cm³/mol. The van der Waals surface area contributed by atoms with Crippen LogP contribution in [0.2, 0.25) is 0 Å². The first-order valence-corrected chi connectivity index (χ1v) is 7.05. The highest BCUT2D eigenvalue weighted by Crippen LogP contribution is 2.23. The maximum absolute atomic E-state index is 12.2. The molecule has 21 heavy (non-hydrogen) atoms. The number of carbonyl (C=O) groups is 1. The zero-order valence-electron chi connectivity index (χ0n) is 11.5. The lowest BCUT2D eigenvalue weighted by atomic mass is 10.1. The number of nitrogens with one attached hydrogen (secondary N) is 1. The number of rotatable bonds is 4. The van der Waals surface area contributed by atoms with Crippen LogP contribution in [0.4, 0.5) is 5.69 Å². The normalized spacial score (nSPS) is 12.0. The molecular formula is C14H14BrN3O3. The summed E-state index contributed by atoms with van der Waals surface area (Å²) in [6, 6.07) is 8.62.